The van der Waals surface area contributed by atoms with Gasteiger partial charge in [-0.25, -0.2) is 9.97 Å². The first-order valence-electron chi connectivity index (χ1n) is 13.5. The number of hydrogen-bond donors (Lipinski definition) is 2. The van der Waals surface area contributed by atoms with E-state index in [0.29, 0.717) is 18.9 Å². The molecule has 41 heavy (non-hydrogen) atoms. The van der Waals surface area contributed by atoms with Crippen LogP contribution in [0.5, 0.6) is 0 Å². The monoisotopic (exact) mass is 566 g/mol. The third kappa shape index (κ3) is 6.49. The Morgan fingerprint density at radius 2 is 1.80 bits per heavy atom. The molecule has 2 aromatic heterocycles. The number of alkyl halides is 3. The minimum Gasteiger partial charge on any atom is -0.368 e. The maximum absolute atomic E-state index is 14.0. The zero-order chi connectivity index (χ0) is 29.3. The van der Waals surface area contributed by atoms with Crippen LogP contribution in [0.15, 0.2) is 42.6 Å². The number of anilines is 2. The van der Waals surface area contributed by atoms with Gasteiger partial charge in [-0.2, -0.15) is 18.3 Å². The van der Waals surface area contributed by atoms with Gasteiger partial charge >= 0.3 is 6.18 Å². The standard InChI is InChI=1S/C29H33F3N8O/c1-4-19-13-21(14-22-16-34-28(33)36-27(19)22)24-15-25(37-39(24)3)35-26(41)12-18-5-6-20(23(11-18)29(30,31)32)17-40-9-7-38(2)8-10-40/h5-6,11,13-16H,4,7-10,12,17H2,1-3H3,(H2,33,34,36)(H,35,37,41). The van der Waals surface area contributed by atoms with E-state index in [1.165, 1.54) is 6.07 Å². The highest BCUT2D eigenvalue weighted by Crippen LogP contribution is 2.34. The van der Waals surface area contributed by atoms with Crippen molar-refractivity contribution in [3.8, 4) is 11.3 Å². The van der Waals surface area contributed by atoms with Gasteiger partial charge in [-0.15, -0.1) is 0 Å². The van der Waals surface area contributed by atoms with Gasteiger partial charge in [0.15, 0.2) is 5.82 Å². The Morgan fingerprint density at radius 1 is 1.05 bits per heavy atom. The first-order valence-corrected chi connectivity index (χ1v) is 13.5. The molecule has 1 fully saturated rings. The van der Waals surface area contributed by atoms with Crippen molar-refractivity contribution in [2.24, 2.45) is 7.05 Å². The van der Waals surface area contributed by atoms with Crippen molar-refractivity contribution in [3.63, 3.8) is 0 Å². The quantitative estimate of drug-likeness (QED) is 0.347. The topological polar surface area (TPSA) is 105 Å². The summed E-state index contributed by atoms with van der Waals surface area (Å²) in [6, 6.07) is 9.84. The molecule has 9 nitrogen and oxygen atoms in total. The number of halogens is 3. The Morgan fingerprint density at radius 3 is 2.51 bits per heavy atom. The molecule has 0 spiro atoms. The lowest BCUT2D eigenvalue weighted by molar-refractivity contribution is -0.138. The van der Waals surface area contributed by atoms with Gasteiger partial charge in [0.1, 0.15) is 0 Å². The van der Waals surface area contributed by atoms with Crippen LogP contribution in [0, 0.1) is 0 Å². The van der Waals surface area contributed by atoms with Crippen LogP contribution in [0.2, 0.25) is 0 Å². The fourth-order valence-corrected chi connectivity index (χ4v) is 5.20. The second-order valence-corrected chi connectivity index (χ2v) is 10.5. The van der Waals surface area contributed by atoms with Crippen molar-refractivity contribution >= 4 is 28.6 Å². The third-order valence-electron chi connectivity index (χ3n) is 7.44. The number of benzene rings is 2. The molecule has 3 heterocycles. The lowest BCUT2D eigenvalue weighted by Gasteiger charge is -2.33. The molecule has 216 valence electrons. The summed E-state index contributed by atoms with van der Waals surface area (Å²) in [7, 11) is 3.76. The zero-order valence-corrected chi connectivity index (χ0v) is 23.3. The average molecular weight is 567 g/mol. The lowest BCUT2D eigenvalue weighted by atomic mass is 10.0. The number of nitrogen functional groups attached to an aromatic ring is 1. The number of nitrogens with two attached hydrogens (primary N) is 1. The molecule has 1 saturated heterocycles. The van der Waals surface area contributed by atoms with Crippen LogP contribution in [0.1, 0.15) is 29.2 Å². The fourth-order valence-electron chi connectivity index (χ4n) is 5.20. The number of likely N-dealkylation sites (N-methyl/N-ethyl adjacent to an activating group) is 1. The highest BCUT2D eigenvalue weighted by Gasteiger charge is 2.34. The molecule has 0 bridgehead atoms. The summed E-state index contributed by atoms with van der Waals surface area (Å²) in [5.74, 6) is 0.0608. The van der Waals surface area contributed by atoms with E-state index < -0.39 is 17.6 Å². The summed E-state index contributed by atoms with van der Waals surface area (Å²) in [5, 5.41) is 7.97. The van der Waals surface area contributed by atoms with Crippen molar-refractivity contribution in [3.05, 3.63) is 64.8 Å². The minimum atomic E-state index is -4.52. The van der Waals surface area contributed by atoms with Gasteiger partial charge < -0.3 is 16.0 Å². The predicted molar refractivity (Wildman–Crippen MR) is 152 cm³/mol. The van der Waals surface area contributed by atoms with Gasteiger partial charge in [0.05, 0.1) is 23.2 Å². The highest BCUT2D eigenvalue weighted by molar-refractivity contribution is 5.92. The van der Waals surface area contributed by atoms with Crippen LogP contribution < -0.4 is 11.1 Å². The molecule has 1 aliphatic heterocycles. The van der Waals surface area contributed by atoms with Crippen molar-refractivity contribution in [2.75, 3.05) is 44.3 Å². The molecule has 0 saturated carbocycles. The van der Waals surface area contributed by atoms with E-state index in [0.717, 1.165) is 53.3 Å². The second-order valence-electron chi connectivity index (χ2n) is 10.5. The van der Waals surface area contributed by atoms with E-state index in [4.69, 9.17) is 5.73 Å². The third-order valence-corrected chi connectivity index (χ3v) is 7.44. The van der Waals surface area contributed by atoms with Crippen molar-refractivity contribution < 1.29 is 18.0 Å². The van der Waals surface area contributed by atoms with E-state index >= 15 is 0 Å². The van der Waals surface area contributed by atoms with Crippen LogP contribution in [-0.2, 0) is 37.4 Å². The van der Waals surface area contributed by atoms with E-state index in [2.05, 4.69) is 25.3 Å². The molecule has 0 unspecified atom stereocenters. The summed E-state index contributed by atoms with van der Waals surface area (Å²) in [6.45, 7) is 5.31. The van der Waals surface area contributed by atoms with Gasteiger partial charge in [0.25, 0.3) is 0 Å². The summed E-state index contributed by atoms with van der Waals surface area (Å²) in [4.78, 5) is 25.5. The normalized spacial score (nSPS) is 15.0. The molecule has 1 aliphatic rings. The van der Waals surface area contributed by atoms with Gasteiger partial charge in [0, 0.05) is 63.0 Å². The number of carbonyl (C=O) groups excluding carboxylic acids is 1. The van der Waals surface area contributed by atoms with E-state index in [1.54, 1.807) is 30.1 Å². The van der Waals surface area contributed by atoms with Gasteiger partial charge in [0.2, 0.25) is 11.9 Å². The first-order chi connectivity index (χ1) is 19.5. The number of rotatable bonds is 7. The Hall–Kier alpha value is -4.03. The molecule has 3 N–H and O–H groups in total. The van der Waals surface area contributed by atoms with Crippen LogP contribution in [0.4, 0.5) is 24.9 Å². The van der Waals surface area contributed by atoms with Gasteiger partial charge in [-0.1, -0.05) is 19.1 Å². The Labute approximate surface area is 236 Å². The highest BCUT2D eigenvalue weighted by atomic mass is 19.4. The average Bonchev–Trinajstić information content (AvgIpc) is 3.29. The summed E-state index contributed by atoms with van der Waals surface area (Å²) in [6.07, 6.45) is -2.32. The summed E-state index contributed by atoms with van der Waals surface area (Å²) < 4.78 is 43.5. The second kappa shape index (κ2) is 11.5. The zero-order valence-electron chi connectivity index (χ0n) is 23.3. The smallest absolute Gasteiger partial charge is 0.368 e. The van der Waals surface area contributed by atoms with Crippen LogP contribution in [-0.4, -0.2) is 68.7 Å². The Balaban J connectivity index is 1.32. The van der Waals surface area contributed by atoms with Gasteiger partial charge in [-0.3, -0.25) is 14.4 Å². The molecule has 1 amide bonds. The largest absolute Gasteiger partial charge is 0.416 e. The number of fused-ring (bicyclic) bond motifs is 1. The molecule has 0 atom stereocenters. The number of hydrogen-bond acceptors (Lipinski definition) is 7. The maximum Gasteiger partial charge on any atom is 0.416 e. The first kappa shape index (κ1) is 28.5. The van der Waals surface area contributed by atoms with Crippen molar-refractivity contribution in [1.82, 2.24) is 29.5 Å². The van der Waals surface area contributed by atoms with Crippen molar-refractivity contribution in [2.45, 2.75) is 32.5 Å². The number of amides is 1. The van der Waals surface area contributed by atoms with Crippen molar-refractivity contribution in [1.29, 1.82) is 0 Å². The number of piperazine rings is 1. The van der Waals surface area contributed by atoms with Crippen LogP contribution >= 0.6 is 0 Å². The Kier molecular flexibility index (Phi) is 7.96. The maximum atomic E-state index is 14.0. The number of carbonyl (C=O) groups is 1. The summed E-state index contributed by atoms with van der Waals surface area (Å²) in [5.41, 5.74) is 8.97. The number of nitrogens with zero attached hydrogens (tertiary/aromatic N) is 6. The molecular formula is C29H33F3N8O. The van der Waals surface area contributed by atoms with Crippen LogP contribution in [0.25, 0.3) is 22.2 Å². The SMILES string of the molecule is CCc1cc(-c2cc(NC(=O)Cc3ccc(CN4CCN(C)CC4)c(C(F)(F)F)c3)nn2C)cc2cnc(N)nc12. The fraction of sp³-hybridized carbons (Fsp3) is 0.379. The minimum absolute atomic E-state index is 0.206. The Bertz CT molecular complexity index is 1570. The molecular weight excluding hydrogens is 533 g/mol. The van der Waals surface area contributed by atoms with E-state index in [1.807, 2.05) is 31.0 Å². The molecule has 4 aromatic rings. The molecule has 12 heteroatoms. The number of aryl methyl sites for hydroxylation is 2. The molecule has 0 aliphatic carbocycles. The summed E-state index contributed by atoms with van der Waals surface area (Å²) >= 11 is 0. The van der Waals surface area contributed by atoms with Crippen LogP contribution in [0.3, 0.4) is 0 Å². The lowest BCUT2D eigenvalue weighted by Crippen LogP contribution is -2.44. The molecule has 0 radical (unpaired) electrons. The van der Waals surface area contributed by atoms with E-state index in [-0.39, 0.29) is 30.0 Å². The van der Waals surface area contributed by atoms with E-state index in [9.17, 15) is 18.0 Å². The predicted octanol–water partition coefficient (Wildman–Crippen LogP) is 4.12. The molecule has 5 rings (SSSR count). The van der Waals surface area contributed by atoms with Gasteiger partial charge in [-0.05, 0) is 48.4 Å². The number of aromatic nitrogens is 4. The molecule has 2 aromatic carbocycles. The number of nitrogens with one attached hydrogen (secondary N) is 1.